The van der Waals surface area contributed by atoms with Gasteiger partial charge in [0.05, 0.1) is 11.2 Å². The highest BCUT2D eigenvalue weighted by Gasteiger charge is 2.25. The summed E-state index contributed by atoms with van der Waals surface area (Å²) in [5.74, 6) is 1.32. The molecule has 4 aromatic rings. The van der Waals surface area contributed by atoms with Gasteiger partial charge in [0.25, 0.3) is 10.1 Å². The van der Waals surface area contributed by atoms with Crippen molar-refractivity contribution in [2.75, 3.05) is 13.6 Å². The van der Waals surface area contributed by atoms with Crippen LogP contribution in [-0.2, 0) is 24.3 Å². The predicted octanol–water partition coefficient (Wildman–Crippen LogP) is 9.55. The second-order valence-corrected chi connectivity index (χ2v) is 15.9. The highest BCUT2D eigenvalue weighted by atomic mass is 32.2. The number of carbonyl (C=O) groups is 1. The van der Waals surface area contributed by atoms with E-state index >= 15 is 0 Å². The standard InChI is InChI=1S/C39H46O10S/c1-37(2,3)46-24-44-30-16-12-27(13-17-30)33-22-29(26-10-20-32(21-11-26)48-36(40)49-39(7,8)9)23-34(35(33)50(41,42)43)28-14-18-31(19-15-28)45-25-47-38(4,5)6/h10-23H,24-25H2,1-9H3,(H,41,42,43). The van der Waals surface area contributed by atoms with E-state index < -0.39 is 21.9 Å². The van der Waals surface area contributed by atoms with Gasteiger partial charge in [-0.25, -0.2) is 4.79 Å². The van der Waals surface area contributed by atoms with Gasteiger partial charge in [0.2, 0.25) is 0 Å². The molecule has 0 spiro atoms. The SMILES string of the molecule is CC(C)(C)OCOc1ccc(-c2cc(-c3ccc(OC(=O)OC(C)(C)C)cc3)cc(-c3ccc(OCOC(C)(C)C)cc3)c2S(=O)(=O)O)cc1. The molecule has 0 aliphatic heterocycles. The van der Waals surface area contributed by atoms with E-state index in [9.17, 15) is 17.8 Å². The molecule has 0 unspecified atom stereocenters. The third-order valence-electron chi connectivity index (χ3n) is 6.89. The second kappa shape index (κ2) is 15.2. The minimum absolute atomic E-state index is 0.0361. The van der Waals surface area contributed by atoms with Crippen LogP contribution in [0.4, 0.5) is 4.79 Å². The Labute approximate surface area is 295 Å². The minimum atomic E-state index is -4.75. The monoisotopic (exact) mass is 706 g/mol. The predicted molar refractivity (Wildman–Crippen MR) is 192 cm³/mol. The van der Waals surface area contributed by atoms with Crippen LogP contribution in [0, 0.1) is 0 Å². The van der Waals surface area contributed by atoms with Crippen molar-refractivity contribution in [1.29, 1.82) is 0 Å². The number of benzene rings is 4. The smallest absolute Gasteiger partial charge is 0.468 e. The number of ether oxygens (including phenoxy) is 6. The van der Waals surface area contributed by atoms with E-state index in [4.69, 9.17) is 28.4 Å². The molecule has 1 N–H and O–H groups in total. The lowest BCUT2D eigenvalue weighted by molar-refractivity contribution is -0.0763. The van der Waals surface area contributed by atoms with Crippen molar-refractivity contribution in [3.63, 3.8) is 0 Å². The topological polar surface area (TPSA) is 127 Å². The van der Waals surface area contributed by atoms with Crippen LogP contribution in [0.3, 0.4) is 0 Å². The molecule has 0 aromatic heterocycles. The molecule has 0 heterocycles. The largest absolute Gasteiger partial charge is 0.514 e. The quantitative estimate of drug-likeness (QED) is 0.0697. The van der Waals surface area contributed by atoms with Crippen molar-refractivity contribution in [3.8, 4) is 50.6 Å². The first kappa shape index (κ1) is 38.4. The molecule has 0 saturated heterocycles. The highest BCUT2D eigenvalue weighted by Crippen LogP contribution is 2.41. The van der Waals surface area contributed by atoms with Crippen molar-refractivity contribution < 1.29 is 46.2 Å². The fourth-order valence-corrected chi connectivity index (χ4v) is 5.50. The van der Waals surface area contributed by atoms with E-state index in [1.807, 2.05) is 41.5 Å². The number of hydrogen-bond donors (Lipinski definition) is 1. The van der Waals surface area contributed by atoms with Gasteiger partial charge in [-0.05, 0) is 133 Å². The second-order valence-electron chi connectivity index (χ2n) is 14.6. The van der Waals surface area contributed by atoms with Gasteiger partial charge in [0, 0.05) is 11.1 Å². The Hall–Kier alpha value is -4.42. The molecule has 0 aliphatic carbocycles. The summed E-state index contributed by atoms with van der Waals surface area (Å²) in [6, 6.07) is 23.8. The van der Waals surface area contributed by atoms with Gasteiger partial charge in [-0.1, -0.05) is 36.4 Å². The van der Waals surface area contributed by atoms with Gasteiger partial charge in [0.1, 0.15) is 27.7 Å². The molecule has 0 saturated carbocycles. The lowest BCUT2D eigenvalue weighted by atomic mass is 9.93. The fourth-order valence-electron chi connectivity index (χ4n) is 4.59. The van der Waals surface area contributed by atoms with Crippen LogP contribution in [0.5, 0.6) is 17.2 Å². The fraction of sp³-hybridized carbons (Fsp3) is 0.359. The van der Waals surface area contributed by atoms with Crippen LogP contribution >= 0.6 is 0 Å². The summed E-state index contributed by atoms with van der Waals surface area (Å²) in [6.45, 7) is 16.8. The van der Waals surface area contributed by atoms with E-state index in [1.54, 1.807) is 106 Å². The summed E-state index contributed by atoms with van der Waals surface area (Å²) in [5.41, 5.74) is 1.44. The third-order valence-corrected chi connectivity index (χ3v) is 7.85. The molecule has 268 valence electrons. The molecule has 0 bridgehead atoms. The van der Waals surface area contributed by atoms with E-state index in [1.165, 1.54) is 0 Å². The van der Waals surface area contributed by atoms with Crippen LogP contribution in [-0.4, -0.2) is 49.5 Å². The first-order chi connectivity index (χ1) is 23.2. The number of hydrogen-bond acceptors (Lipinski definition) is 9. The molecule has 11 heteroatoms. The molecule has 0 amide bonds. The maximum Gasteiger partial charge on any atom is 0.514 e. The van der Waals surface area contributed by atoms with Crippen molar-refractivity contribution in [2.24, 2.45) is 0 Å². The van der Waals surface area contributed by atoms with E-state index in [0.29, 0.717) is 33.8 Å². The van der Waals surface area contributed by atoms with Crippen LogP contribution in [0.25, 0.3) is 33.4 Å². The average molecular weight is 707 g/mol. The summed E-state index contributed by atoms with van der Waals surface area (Å²) >= 11 is 0. The van der Waals surface area contributed by atoms with Gasteiger partial charge in [-0.2, -0.15) is 8.42 Å². The van der Waals surface area contributed by atoms with Gasteiger partial charge in [0.15, 0.2) is 13.6 Å². The third kappa shape index (κ3) is 11.6. The van der Waals surface area contributed by atoms with Crippen LogP contribution in [0.1, 0.15) is 62.3 Å². The Balaban J connectivity index is 1.78. The summed E-state index contributed by atoms with van der Waals surface area (Å²) < 4.78 is 70.3. The lowest BCUT2D eigenvalue weighted by Crippen LogP contribution is -2.25. The van der Waals surface area contributed by atoms with Crippen molar-refractivity contribution in [3.05, 3.63) is 84.9 Å². The molecule has 0 atom stereocenters. The summed E-state index contributed by atoms with van der Waals surface area (Å²) in [6.07, 6.45) is -0.831. The van der Waals surface area contributed by atoms with Crippen molar-refractivity contribution >= 4 is 16.3 Å². The molecule has 50 heavy (non-hydrogen) atoms. The van der Waals surface area contributed by atoms with Crippen LogP contribution < -0.4 is 14.2 Å². The van der Waals surface area contributed by atoms with Gasteiger partial charge in [-0.15, -0.1) is 0 Å². The first-order valence-corrected chi connectivity index (χ1v) is 17.5. The molecule has 4 rings (SSSR count). The normalized spacial score (nSPS) is 12.4. The van der Waals surface area contributed by atoms with Crippen molar-refractivity contribution in [2.45, 2.75) is 84.0 Å². The average Bonchev–Trinajstić information content (AvgIpc) is 2.99. The molecule has 0 fully saturated rings. The van der Waals surface area contributed by atoms with Gasteiger partial charge >= 0.3 is 6.16 Å². The maximum absolute atomic E-state index is 13.1. The first-order valence-electron chi connectivity index (χ1n) is 16.1. The maximum atomic E-state index is 13.1. The lowest BCUT2D eigenvalue weighted by Gasteiger charge is -2.20. The highest BCUT2D eigenvalue weighted by molar-refractivity contribution is 7.86. The van der Waals surface area contributed by atoms with E-state index in [0.717, 1.165) is 0 Å². The molecular weight excluding hydrogens is 660 g/mol. The number of rotatable bonds is 11. The van der Waals surface area contributed by atoms with Crippen LogP contribution in [0.2, 0.25) is 0 Å². The van der Waals surface area contributed by atoms with Crippen molar-refractivity contribution in [1.82, 2.24) is 0 Å². The van der Waals surface area contributed by atoms with E-state index in [2.05, 4.69) is 0 Å². The Bertz CT molecular complexity index is 1780. The minimum Gasteiger partial charge on any atom is -0.468 e. The summed E-state index contributed by atoms with van der Waals surface area (Å²) in [4.78, 5) is 11.9. The Morgan fingerprint density at radius 2 is 0.940 bits per heavy atom. The number of carbonyl (C=O) groups excluding carboxylic acids is 1. The summed E-state index contributed by atoms with van der Waals surface area (Å²) in [5, 5.41) is 0. The zero-order chi connectivity index (χ0) is 36.9. The zero-order valence-electron chi connectivity index (χ0n) is 30.0. The molecule has 0 aliphatic rings. The Morgan fingerprint density at radius 1 is 0.560 bits per heavy atom. The molecule has 4 aromatic carbocycles. The Morgan fingerprint density at radius 3 is 1.30 bits per heavy atom. The molecule has 0 radical (unpaired) electrons. The van der Waals surface area contributed by atoms with Gasteiger partial charge in [-0.3, -0.25) is 4.55 Å². The molecular formula is C39H46O10S. The van der Waals surface area contributed by atoms with Gasteiger partial charge < -0.3 is 28.4 Å². The molecule has 10 nitrogen and oxygen atoms in total. The van der Waals surface area contributed by atoms with Crippen LogP contribution in [0.15, 0.2) is 89.8 Å². The zero-order valence-corrected chi connectivity index (χ0v) is 30.8. The summed E-state index contributed by atoms with van der Waals surface area (Å²) in [7, 11) is -4.75. The van der Waals surface area contributed by atoms with E-state index in [-0.39, 0.29) is 46.6 Å². The Kier molecular flexibility index (Phi) is 11.7.